The van der Waals surface area contributed by atoms with Crippen LogP contribution in [0.1, 0.15) is 62.3 Å². The van der Waals surface area contributed by atoms with E-state index in [9.17, 15) is 19.2 Å². The second kappa shape index (κ2) is 14.5. The van der Waals surface area contributed by atoms with Crippen molar-refractivity contribution in [1.82, 2.24) is 20.4 Å². The molecule has 2 N–H and O–H groups in total. The SMILES string of the molecule is CN1CCN(C(=O)[C@H](CSSC[C@H](NC(=O)OC(C)(C)C)C(=O)OC(C)(C)C)NC(=O)OC(C)(C)C)CC1. The van der Waals surface area contributed by atoms with E-state index in [0.29, 0.717) is 13.1 Å². The van der Waals surface area contributed by atoms with Gasteiger partial charge in [0.05, 0.1) is 0 Å². The molecule has 3 amide bonds. The summed E-state index contributed by atoms with van der Waals surface area (Å²) in [5, 5.41) is 5.28. The predicted octanol–water partition coefficient (Wildman–Crippen LogP) is 3.27. The fourth-order valence-corrected chi connectivity index (χ4v) is 5.40. The van der Waals surface area contributed by atoms with E-state index in [2.05, 4.69) is 15.5 Å². The van der Waals surface area contributed by atoms with Crippen molar-refractivity contribution in [1.29, 1.82) is 0 Å². The second-order valence-corrected chi connectivity index (χ2v) is 14.7. The molecule has 0 radical (unpaired) electrons. The van der Waals surface area contributed by atoms with Gasteiger partial charge in [-0.05, 0) is 69.4 Å². The maximum absolute atomic E-state index is 13.2. The lowest BCUT2D eigenvalue weighted by Crippen LogP contribution is -2.55. The van der Waals surface area contributed by atoms with Crippen molar-refractivity contribution in [3.05, 3.63) is 0 Å². The second-order valence-electron chi connectivity index (χ2n) is 12.1. The van der Waals surface area contributed by atoms with Gasteiger partial charge in [-0.2, -0.15) is 0 Å². The number of nitrogens with zero attached hydrogens (tertiary/aromatic N) is 2. The van der Waals surface area contributed by atoms with Gasteiger partial charge in [-0.25, -0.2) is 14.4 Å². The summed E-state index contributed by atoms with van der Waals surface area (Å²) in [5.41, 5.74) is -2.17. The van der Waals surface area contributed by atoms with E-state index < -0.39 is 47.0 Å². The van der Waals surface area contributed by atoms with Gasteiger partial charge in [-0.1, -0.05) is 21.6 Å². The molecule has 11 nitrogen and oxygen atoms in total. The number of hydrogen-bond acceptors (Lipinski definition) is 10. The molecule has 1 saturated heterocycles. The van der Waals surface area contributed by atoms with E-state index in [1.807, 2.05) is 7.05 Å². The fraction of sp³-hybridized carbons (Fsp3) is 0.840. The highest BCUT2D eigenvalue weighted by atomic mass is 33.1. The number of alkyl carbamates (subject to hydrolysis) is 2. The van der Waals surface area contributed by atoms with Crippen molar-refractivity contribution in [3.63, 3.8) is 0 Å². The first-order chi connectivity index (χ1) is 17.3. The molecule has 1 heterocycles. The number of rotatable bonds is 9. The third kappa shape index (κ3) is 14.9. The minimum absolute atomic E-state index is 0.167. The van der Waals surface area contributed by atoms with Crippen LogP contribution in [0.5, 0.6) is 0 Å². The Morgan fingerprint density at radius 1 is 0.684 bits per heavy atom. The first-order valence-electron chi connectivity index (χ1n) is 12.7. The summed E-state index contributed by atoms with van der Waals surface area (Å²) < 4.78 is 16.1. The lowest BCUT2D eigenvalue weighted by molar-refractivity contribution is -0.156. The van der Waals surface area contributed by atoms with Crippen molar-refractivity contribution >= 4 is 45.7 Å². The van der Waals surface area contributed by atoms with Gasteiger partial charge in [-0.15, -0.1) is 0 Å². The Bertz CT molecular complexity index is 814. The van der Waals surface area contributed by atoms with Gasteiger partial charge < -0.3 is 34.6 Å². The number of ether oxygens (including phenoxy) is 3. The molecule has 0 aromatic heterocycles. The van der Waals surface area contributed by atoms with E-state index in [-0.39, 0.29) is 17.4 Å². The summed E-state index contributed by atoms with van der Waals surface area (Å²) >= 11 is 0. The van der Waals surface area contributed by atoms with Crippen LogP contribution in [0.4, 0.5) is 9.59 Å². The van der Waals surface area contributed by atoms with Crippen LogP contribution >= 0.6 is 21.6 Å². The van der Waals surface area contributed by atoms with Crippen LogP contribution in [0.2, 0.25) is 0 Å². The summed E-state index contributed by atoms with van der Waals surface area (Å²) in [6.45, 7) is 18.3. The molecule has 0 aromatic rings. The van der Waals surface area contributed by atoms with Crippen LogP contribution in [0.25, 0.3) is 0 Å². The summed E-state index contributed by atoms with van der Waals surface area (Å²) in [7, 11) is 4.59. The van der Waals surface area contributed by atoms with Crippen molar-refractivity contribution < 1.29 is 33.4 Å². The van der Waals surface area contributed by atoms with Crippen molar-refractivity contribution in [2.24, 2.45) is 0 Å². The Balaban J connectivity index is 2.85. The quantitative estimate of drug-likeness (QED) is 0.182. The Kier molecular flexibility index (Phi) is 13.0. The number of hydrogen-bond donors (Lipinski definition) is 2. The molecule has 1 aliphatic rings. The minimum Gasteiger partial charge on any atom is -0.458 e. The molecule has 1 fully saturated rings. The standard InChI is InChI=1S/C25H46N4O7S2/c1-23(2,3)34-20(31)18(27-22(33)36-25(7,8)9)16-38-37-15-17(26-21(32)35-24(4,5)6)19(30)29-13-11-28(10)12-14-29/h17-18H,11-16H2,1-10H3,(H,26,32)(H,27,33)/t17-,18-/m0/s1. The molecule has 0 saturated carbocycles. The van der Waals surface area contributed by atoms with Crippen LogP contribution in [0, 0.1) is 0 Å². The van der Waals surface area contributed by atoms with Gasteiger partial charge in [0.2, 0.25) is 5.91 Å². The third-order valence-corrected chi connectivity index (χ3v) is 7.16. The van der Waals surface area contributed by atoms with Gasteiger partial charge in [0.25, 0.3) is 0 Å². The molecule has 0 aliphatic carbocycles. The van der Waals surface area contributed by atoms with Crippen LogP contribution in [-0.2, 0) is 23.8 Å². The van der Waals surface area contributed by atoms with E-state index in [1.54, 1.807) is 67.2 Å². The van der Waals surface area contributed by atoms with Gasteiger partial charge in [0.15, 0.2) is 0 Å². The molecule has 2 atom stereocenters. The highest BCUT2D eigenvalue weighted by molar-refractivity contribution is 8.76. The first kappa shape index (κ1) is 34.2. The van der Waals surface area contributed by atoms with E-state index in [4.69, 9.17) is 14.2 Å². The normalized spacial score (nSPS) is 16.7. The highest BCUT2D eigenvalue weighted by Crippen LogP contribution is 2.25. The van der Waals surface area contributed by atoms with Gasteiger partial charge in [0, 0.05) is 37.7 Å². The van der Waals surface area contributed by atoms with E-state index >= 15 is 0 Å². The topological polar surface area (TPSA) is 127 Å². The van der Waals surface area contributed by atoms with Crippen molar-refractivity contribution in [2.75, 3.05) is 44.7 Å². The Hall–Kier alpha value is -1.86. The maximum atomic E-state index is 13.2. The fourth-order valence-electron chi connectivity index (χ4n) is 3.10. The summed E-state index contributed by atoms with van der Waals surface area (Å²) in [6, 6.07) is -1.78. The molecule has 38 heavy (non-hydrogen) atoms. The summed E-state index contributed by atoms with van der Waals surface area (Å²) in [6.07, 6.45) is -1.40. The van der Waals surface area contributed by atoms with Crippen LogP contribution in [-0.4, -0.2) is 107 Å². The Morgan fingerprint density at radius 2 is 1.08 bits per heavy atom. The average molecular weight is 579 g/mol. The largest absolute Gasteiger partial charge is 0.458 e. The highest BCUT2D eigenvalue weighted by Gasteiger charge is 2.31. The molecule has 0 spiro atoms. The van der Waals surface area contributed by atoms with Crippen molar-refractivity contribution in [2.45, 2.75) is 91.2 Å². The lowest BCUT2D eigenvalue weighted by Gasteiger charge is -2.34. The predicted molar refractivity (Wildman–Crippen MR) is 151 cm³/mol. The summed E-state index contributed by atoms with van der Waals surface area (Å²) in [4.78, 5) is 54.7. The number of piperazine rings is 1. The number of carbonyl (C=O) groups excluding carboxylic acids is 4. The van der Waals surface area contributed by atoms with Crippen LogP contribution in [0.3, 0.4) is 0 Å². The number of likely N-dealkylation sites (N-methyl/N-ethyl adjacent to an activating group) is 1. The van der Waals surface area contributed by atoms with Crippen LogP contribution < -0.4 is 10.6 Å². The molecule has 1 rings (SSSR count). The smallest absolute Gasteiger partial charge is 0.408 e. The maximum Gasteiger partial charge on any atom is 0.408 e. The third-order valence-electron chi connectivity index (χ3n) is 4.74. The molecule has 0 unspecified atom stereocenters. The molecule has 220 valence electrons. The molecule has 1 aliphatic heterocycles. The zero-order chi connectivity index (χ0) is 29.3. The van der Waals surface area contributed by atoms with E-state index in [1.165, 1.54) is 21.6 Å². The number of carbonyl (C=O) groups is 4. The zero-order valence-corrected chi connectivity index (χ0v) is 26.1. The number of amides is 3. The molecule has 0 aromatic carbocycles. The van der Waals surface area contributed by atoms with Gasteiger partial charge in [0.1, 0.15) is 28.9 Å². The van der Waals surface area contributed by atoms with Gasteiger partial charge >= 0.3 is 18.2 Å². The number of esters is 1. The number of nitrogens with one attached hydrogen (secondary N) is 2. The Labute approximate surface area is 235 Å². The molecular formula is C25H46N4O7S2. The molecule has 13 heteroatoms. The first-order valence-corrected chi connectivity index (χ1v) is 15.2. The van der Waals surface area contributed by atoms with E-state index in [0.717, 1.165) is 13.1 Å². The minimum atomic E-state index is -0.966. The monoisotopic (exact) mass is 578 g/mol. The summed E-state index contributed by atoms with van der Waals surface area (Å²) in [5.74, 6) is -0.371. The van der Waals surface area contributed by atoms with Gasteiger partial charge in [-0.3, -0.25) is 4.79 Å². The average Bonchev–Trinajstić information content (AvgIpc) is 2.71. The lowest BCUT2D eigenvalue weighted by atomic mass is 10.2. The van der Waals surface area contributed by atoms with Crippen LogP contribution in [0.15, 0.2) is 0 Å². The zero-order valence-electron chi connectivity index (χ0n) is 24.5. The Morgan fingerprint density at radius 3 is 1.50 bits per heavy atom. The molecular weight excluding hydrogens is 532 g/mol. The molecule has 0 bridgehead atoms. The van der Waals surface area contributed by atoms with Crippen molar-refractivity contribution in [3.8, 4) is 0 Å².